The van der Waals surface area contributed by atoms with Crippen LogP contribution in [0.1, 0.15) is 228 Å². The van der Waals surface area contributed by atoms with Crippen molar-refractivity contribution in [2.45, 2.75) is 172 Å². The summed E-state index contributed by atoms with van der Waals surface area (Å²) in [6.45, 7) is 26.2. The van der Waals surface area contributed by atoms with Gasteiger partial charge in [-0.25, -0.2) is 8.78 Å². The van der Waals surface area contributed by atoms with E-state index in [1.807, 2.05) is 36.4 Å². The van der Waals surface area contributed by atoms with Gasteiger partial charge >= 0.3 is 23.9 Å². The van der Waals surface area contributed by atoms with Crippen LogP contribution < -0.4 is 18.9 Å². The topological polar surface area (TPSA) is 252 Å². The Balaban J connectivity index is 0.000000131. The van der Waals surface area contributed by atoms with Crippen molar-refractivity contribution in [1.29, 1.82) is 0 Å². The summed E-state index contributed by atoms with van der Waals surface area (Å²) in [5, 5.41) is 38.1. The van der Waals surface area contributed by atoms with Crippen molar-refractivity contribution in [3.8, 4) is 23.0 Å². The van der Waals surface area contributed by atoms with Crippen LogP contribution in [0.15, 0.2) is 168 Å². The van der Waals surface area contributed by atoms with Crippen molar-refractivity contribution in [3.05, 3.63) is 280 Å². The van der Waals surface area contributed by atoms with Crippen LogP contribution in [0.2, 0.25) is 0 Å². The van der Waals surface area contributed by atoms with E-state index in [2.05, 4.69) is 106 Å². The van der Waals surface area contributed by atoms with Gasteiger partial charge in [0.1, 0.15) is 61.1 Å². The fourth-order valence-corrected chi connectivity index (χ4v) is 19.4. The van der Waals surface area contributed by atoms with Gasteiger partial charge < -0.3 is 68.4 Å². The molecular weight excluding hydrogens is 1620 g/mol. The van der Waals surface area contributed by atoms with Gasteiger partial charge in [0.05, 0.1) is 34.9 Å². The Morgan fingerprint density at radius 3 is 0.930 bits per heavy atom. The van der Waals surface area contributed by atoms with Crippen molar-refractivity contribution in [2.24, 2.45) is 21.7 Å². The number of aryl methyl sites for hydroxylation is 2. The number of Topliss-reactive ketones (excluding diaryl/α,β-unsaturated/α-hetero) is 2. The number of piperidine rings is 4. The average molecular weight is 1740 g/mol. The molecule has 0 aromatic heterocycles. The quantitative estimate of drug-likeness (QED) is 0.0583. The van der Waals surface area contributed by atoms with Crippen molar-refractivity contribution >= 4 is 57.7 Å². The third-order valence-corrected chi connectivity index (χ3v) is 27.1. The molecule has 672 valence electrons. The van der Waals surface area contributed by atoms with Crippen LogP contribution in [-0.2, 0) is 68.3 Å². The summed E-state index contributed by atoms with van der Waals surface area (Å²) >= 11 is 0. The molecule has 22 heteroatoms. The number of carboxylic acids is 4. The highest BCUT2D eigenvalue weighted by atomic mass is 19.1. The van der Waals surface area contributed by atoms with Crippen LogP contribution >= 0.6 is 0 Å². The lowest BCUT2D eigenvalue weighted by Gasteiger charge is -2.34. The Hall–Kier alpha value is -11.2. The van der Waals surface area contributed by atoms with Gasteiger partial charge in [-0.15, -0.1) is 0 Å². The first kappa shape index (κ1) is 91.5. The van der Waals surface area contributed by atoms with E-state index in [1.54, 1.807) is 80.0 Å². The molecule has 0 radical (unpaired) electrons. The van der Waals surface area contributed by atoms with E-state index in [4.69, 9.17) is 28.4 Å². The van der Waals surface area contributed by atoms with E-state index in [9.17, 15) is 58.0 Å². The summed E-state index contributed by atoms with van der Waals surface area (Å²) in [7, 11) is 3.38. The number of nitrogens with zero attached hydrogens (tertiary/aromatic N) is 4. The van der Waals surface area contributed by atoms with Gasteiger partial charge in [-0.3, -0.25) is 28.8 Å². The minimum absolute atomic E-state index is 0.0257. The second-order valence-electron chi connectivity index (χ2n) is 37.7. The van der Waals surface area contributed by atoms with Crippen LogP contribution in [0.4, 0.5) is 8.78 Å². The Kier molecular flexibility index (Phi) is 27.6. The third-order valence-electron chi connectivity index (χ3n) is 27.1. The maximum Gasteiger partial charge on any atom is 0.310 e. The molecule has 2 saturated carbocycles. The highest BCUT2D eigenvalue weighted by Gasteiger charge is 2.52. The van der Waals surface area contributed by atoms with Gasteiger partial charge in [0.25, 0.3) is 0 Å². The van der Waals surface area contributed by atoms with Gasteiger partial charge in [-0.05, 0) is 295 Å². The second kappa shape index (κ2) is 38.6. The van der Waals surface area contributed by atoms with Crippen molar-refractivity contribution in [1.82, 2.24) is 19.6 Å². The molecule has 10 aliphatic rings. The molecule has 128 heavy (non-hydrogen) atoms. The highest BCUT2D eigenvalue weighted by molar-refractivity contribution is 5.99. The smallest absolute Gasteiger partial charge is 0.310 e. The molecule has 18 rings (SSSR count). The number of halogens is 2. The number of likely N-dealkylation sites (tertiary alicyclic amines) is 4. The number of methoxy groups -OCH3 is 2. The zero-order valence-corrected chi connectivity index (χ0v) is 75.3. The summed E-state index contributed by atoms with van der Waals surface area (Å²) in [6.07, 6.45) is 9.91. The molecule has 4 saturated heterocycles. The Labute approximate surface area is 748 Å². The van der Waals surface area contributed by atoms with Gasteiger partial charge in [-0.1, -0.05) is 94.1 Å². The predicted octanol–water partition coefficient (Wildman–Crippen LogP) is 19.5. The van der Waals surface area contributed by atoms with Gasteiger partial charge in [0.2, 0.25) is 0 Å². The number of carbonyl (C=O) groups is 6. The number of hydrogen-bond donors (Lipinski definition) is 4. The summed E-state index contributed by atoms with van der Waals surface area (Å²) in [5.41, 5.74) is 25.5. The number of fused-ring (bicyclic) bond motifs is 8. The number of rotatable bonds is 18. The van der Waals surface area contributed by atoms with Crippen molar-refractivity contribution in [2.75, 3.05) is 92.8 Å². The maximum absolute atomic E-state index is 14.2. The largest absolute Gasteiger partial charge is 0.488 e. The Morgan fingerprint density at radius 1 is 0.367 bits per heavy atom. The van der Waals surface area contributed by atoms with E-state index in [1.165, 1.54) is 45.6 Å². The molecule has 0 atom stereocenters. The minimum atomic E-state index is -0.784. The number of hydrogen-bond acceptors (Lipinski definition) is 16. The molecule has 8 heterocycles. The number of carboxylic acid groups (broad SMARTS) is 4. The predicted molar refractivity (Wildman–Crippen MR) is 488 cm³/mol. The number of ketones is 2. The van der Waals surface area contributed by atoms with E-state index >= 15 is 0 Å². The van der Waals surface area contributed by atoms with E-state index in [0.717, 1.165) is 247 Å². The molecular formula is C106H118F2N4O16. The molecule has 8 aliphatic heterocycles. The first-order chi connectivity index (χ1) is 61.3. The average Bonchev–Trinajstić information content (AvgIpc) is 1.54. The fourth-order valence-electron chi connectivity index (χ4n) is 19.4. The molecule has 8 aromatic carbocycles. The van der Waals surface area contributed by atoms with Crippen LogP contribution in [-0.4, -0.2) is 168 Å². The summed E-state index contributed by atoms with van der Waals surface area (Å²) < 4.78 is 63.6. The number of benzene rings is 8. The van der Waals surface area contributed by atoms with Crippen molar-refractivity contribution in [3.63, 3.8) is 0 Å². The van der Waals surface area contributed by atoms with Crippen LogP contribution in [0.3, 0.4) is 0 Å². The molecule has 4 N–H and O–H groups in total. The van der Waals surface area contributed by atoms with E-state index < -0.39 is 45.5 Å². The standard InChI is InChI=1S/C28H31NO5.C28H33NO5.C25H26FNO3.C25H28FNO3/c1-18(30)21-4-6-25-24(14-21)26(23-5-3-19(15-33-2)13-22(23)16-34-25)20-7-11-29(12-8-20)17-28(9-10-28)27(31)32;1-18(30)21-6-8-25-24(14-21)26(23-7-5-19(15-33-4)13-22(23)16-34-25)20-9-11-29(12-10-20)17-28(2,3)27(31)32;1-16-2-4-20-18(12-16)14-30-22-5-3-19(26)13-21(22)23(20)17-6-10-27(11-7-17)15-25(8-9-25)24(28)29;1-16-4-6-20-18(12-16)14-30-22-7-5-19(26)13-21(22)23(20)17-8-10-27(11-9-17)15-25(2,3)24(28)29/h3-6,13-14H,7-12,15-17H2,1-2H3,(H,31,32);5-8,13-14H,9-12,15-17H2,1-4H3,(H,31,32);2-5,12-13H,6-11,14-15H2,1H3,(H,28,29);4-7,12-13H,8-11,14-15H2,1-3H3,(H,28,29). The minimum Gasteiger partial charge on any atom is -0.488 e. The van der Waals surface area contributed by atoms with Crippen LogP contribution in [0.25, 0.3) is 22.3 Å². The van der Waals surface area contributed by atoms with Crippen LogP contribution in [0, 0.1) is 47.1 Å². The van der Waals surface area contributed by atoms with Gasteiger partial charge in [0.15, 0.2) is 11.6 Å². The maximum atomic E-state index is 14.2. The molecule has 20 nitrogen and oxygen atoms in total. The second-order valence-corrected chi connectivity index (χ2v) is 37.7. The lowest BCUT2D eigenvalue weighted by atomic mass is 9.84. The summed E-state index contributed by atoms with van der Waals surface area (Å²) in [4.78, 5) is 79.7. The van der Waals surface area contributed by atoms with E-state index in [0.29, 0.717) is 82.7 Å². The number of carbonyl (C=O) groups excluding carboxylic acids is 2. The number of ether oxygens (including phenoxy) is 6. The lowest BCUT2D eigenvalue weighted by molar-refractivity contribution is -0.148. The molecule has 2 aliphatic carbocycles. The van der Waals surface area contributed by atoms with Gasteiger partial charge in [0, 0.05) is 126 Å². The summed E-state index contributed by atoms with van der Waals surface area (Å²) in [6, 6.07) is 46.4. The first-order valence-electron chi connectivity index (χ1n) is 44.8. The Morgan fingerprint density at radius 2 is 0.648 bits per heavy atom. The zero-order valence-electron chi connectivity index (χ0n) is 75.3. The SMILES string of the molecule is COCc1ccc2c(c1)COc1ccc(C(C)=O)cc1C2=C1CCN(CC(C)(C)C(=O)O)CC1.COCc1ccc2c(c1)COc1ccc(C(C)=O)cc1C2=C1CCN(CC2(C(=O)O)CC2)CC1.Cc1ccc2c(c1)COc1ccc(F)cc1C2=C1CCN(CC(C)(C)C(=O)O)CC1.Cc1ccc2c(c1)COc1ccc(F)cc1C2=C1CCN(CC2(C(=O)O)CC2)CC1. The highest BCUT2D eigenvalue weighted by Crippen LogP contribution is 2.51. The number of aliphatic carboxylic acids is 4. The third kappa shape index (κ3) is 20.6. The van der Waals surface area contributed by atoms with E-state index in [-0.39, 0.29) is 23.2 Å². The molecule has 0 spiro atoms. The normalized spacial score (nSPS) is 18.1. The zero-order chi connectivity index (χ0) is 90.7. The molecule has 6 fully saturated rings. The molecule has 8 aromatic rings. The van der Waals surface area contributed by atoms with Crippen molar-refractivity contribution < 1.29 is 86.4 Å². The van der Waals surface area contributed by atoms with Gasteiger partial charge in [-0.2, -0.15) is 0 Å². The lowest BCUT2D eigenvalue weighted by Crippen LogP contribution is -2.42. The molecule has 0 unspecified atom stereocenters. The Bertz CT molecular complexity index is 5440. The fraction of sp³-hybridized carbons (Fsp3) is 0.415. The monoisotopic (exact) mass is 1740 g/mol. The molecule has 0 bridgehead atoms. The summed E-state index contributed by atoms with van der Waals surface area (Å²) in [5.74, 6) is -0.347. The first-order valence-corrected chi connectivity index (χ1v) is 44.8. The van der Waals surface area contributed by atoms with Crippen LogP contribution in [0.5, 0.6) is 23.0 Å². The molecule has 0 amide bonds.